The number of esters is 1. The van der Waals surface area contributed by atoms with Crippen LogP contribution in [-0.4, -0.2) is 58.8 Å². The van der Waals surface area contributed by atoms with E-state index >= 15 is 0 Å². The van der Waals surface area contributed by atoms with Crippen LogP contribution in [0.4, 0.5) is 0 Å². The first-order valence-corrected chi connectivity index (χ1v) is 10.3. The lowest BCUT2D eigenvalue weighted by molar-refractivity contribution is -0.158. The monoisotopic (exact) mass is 390 g/mol. The van der Waals surface area contributed by atoms with Crippen molar-refractivity contribution in [3.05, 3.63) is 35.4 Å². The minimum absolute atomic E-state index is 0.155. The topological polar surface area (TPSA) is 92.8 Å². The third-order valence-electron chi connectivity index (χ3n) is 4.59. The number of imide groups is 1. The van der Waals surface area contributed by atoms with Gasteiger partial charge in [0.15, 0.2) is 6.10 Å². The molecular formula is C19H22N2O5S. The molecule has 8 heteroatoms. The van der Waals surface area contributed by atoms with Gasteiger partial charge >= 0.3 is 5.97 Å². The Balaban J connectivity index is 1.75. The minimum Gasteiger partial charge on any atom is -0.451 e. The van der Waals surface area contributed by atoms with Gasteiger partial charge in [-0.1, -0.05) is 12.1 Å². The first-order chi connectivity index (χ1) is 12.9. The summed E-state index contributed by atoms with van der Waals surface area (Å²) in [5, 5.41) is 2.77. The Morgan fingerprint density at radius 3 is 2.33 bits per heavy atom. The molecule has 1 aromatic carbocycles. The summed E-state index contributed by atoms with van der Waals surface area (Å²) in [5.74, 6) is -1.55. The fourth-order valence-electron chi connectivity index (χ4n) is 2.93. The van der Waals surface area contributed by atoms with Crippen LogP contribution < -0.4 is 5.32 Å². The summed E-state index contributed by atoms with van der Waals surface area (Å²) in [6.45, 7) is 1.49. The summed E-state index contributed by atoms with van der Waals surface area (Å²) in [6, 6.07) is 5.58. The van der Waals surface area contributed by atoms with E-state index in [9.17, 15) is 19.2 Å². The van der Waals surface area contributed by atoms with E-state index in [1.807, 2.05) is 6.26 Å². The fraction of sp³-hybridized carbons (Fsp3) is 0.474. The molecule has 1 aliphatic heterocycles. The van der Waals surface area contributed by atoms with Crippen molar-refractivity contribution in [2.45, 2.75) is 44.4 Å². The standard InChI is InChI=1S/C19H22N2O5S/c1-11(16(22)20-12-7-8-12)26-19(25)15(9-10-27-2)21-17(23)13-5-3-4-6-14(13)18(21)24/h3-6,11-12,15H,7-10H2,1-2H3,(H,20,22)/t11-,15-/m0/s1. The number of fused-ring (bicyclic) bond motifs is 1. The van der Waals surface area contributed by atoms with E-state index in [1.165, 1.54) is 18.7 Å². The number of benzene rings is 1. The average Bonchev–Trinajstić information content (AvgIpc) is 3.43. The summed E-state index contributed by atoms with van der Waals surface area (Å²) >= 11 is 1.50. The van der Waals surface area contributed by atoms with E-state index in [2.05, 4.69) is 5.32 Å². The van der Waals surface area contributed by atoms with Crippen LogP contribution in [0.25, 0.3) is 0 Å². The maximum atomic E-state index is 12.7. The molecule has 0 radical (unpaired) electrons. The van der Waals surface area contributed by atoms with Crippen molar-refractivity contribution in [2.75, 3.05) is 12.0 Å². The van der Waals surface area contributed by atoms with Gasteiger partial charge in [0.05, 0.1) is 11.1 Å². The Labute approximate surface area is 161 Å². The number of hydrogen-bond acceptors (Lipinski definition) is 6. The maximum absolute atomic E-state index is 12.7. The normalized spacial score (nSPS) is 18.1. The van der Waals surface area contributed by atoms with E-state index in [0.717, 1.165) is 17.7 Å². The summed E-state index contributed by atoms with van der Waals surface area (Å²) in [5.41, 5.74) is 0.563. The van der Waals surface area contributed by atoms with E-state index in [0.29, 0.717) is 5.75 Å². The highest BCUT2D eigenvalue weighted by atomic mass is 32.2. The molecule has 1 aromatic rings. The first-order valence-electron chi connectivity index (χ1n) is 8.90. The van der Waals surface area contributed by atoms with Gasteiger partial charge < -0.3 is 10.1 Å². The summed E-state index contributed by atoms with van der Waals surface area (Å²) in [4.78, 5) is 51.2. The number of nitrogens with zero attached hydrogens (tertiary/aromatic N) is 1. The molecule has 1 saturated carbocycles. The first kappa shape index (κ1) is 19.4. The Morgan fingerprint density at radius 2 is 1.81 bits per heavy atom. The highest BCUT2D eigenvalue weighted by Crippen LogP contribution is 2.27. The van der Waals surface area contributed by atoms with E-state index in [-0.39, 0.29) is 29.5 Å². The quantitative estimate of drug-likeness (QED) is 0.536. The van der Waals surface area contributed by atoms with Crippen LogP contribution in [0.1, 0.15) is 46.9 Å². The highest BCUT2D eigenvalue weighted by molar-refractivity contribution is 7.98. The Bertz CT molecular complexity index is 742. The molecule has 2 atom stereocenters. The molecule has 7 nitrogen and oxygen atoms in total. The van der Waals surface area contributed by atoms with Crippen molar-refractivity contribution >= 4 is 35.5 Å². The van der Waals surface area contributed by atoms with Crippen molar-refractivity contribution in [3.8, 4) is 0 Å². The molecule has 0 unspecified atom stereocenters. The minimum atomic E-state index is -1.05. The van der Waals surface area contributed by atoms with Crippen LogP contribution in [0.15, 0.2) is 24.3 Å². The van der Waals surface area contributed by atoms with Crippen LogP contribution >= 0.6 is 11.8 Å². The second kappa shape index (κ2) is 8.12. The van der Waals surface area contributed by atoms with Crippen molar-refractivity contribution in [1.29, 1.82) is 0 Å². The smallest absolute Gasteiger partial charge is 0.330 e. The van der Waals surface area contributed by atoms with Crippen molar-refractivity contribution in [1.82, 2.24) is 10.2 Å². The van der Waals surface area contributed by atoms with Crippen LogP contribution in [-0.2, 0) is 14.3 Å². The van der Waals surface area contributed by atoms with Crippen LogP contribution in [0.2, 0.25) is 0 Å². The fourth-order valence-corrected chi connectivity index (χ4v) is 3.38. The molecule has 0 spiro atoms. The highest BCUT2D eigenvalue weighted by Gasteiger charge is 2.43. The molecule has 3 amide bonds. The predicted octanol–water partition coefficient (Wildman–Crippen LogP) is 1.61. The molecule has 1 heterocycles. The van der Waals surface area contributed by atoms with Gasteiger partial charge in [-0.15, -0.1) is 0 Å². The van der Waals surface area contributed by atoms with Gasteiger partial charge in [-0.3, -0.25) is 19.3 Å². The van der Waals surface area contributed by atoms with Crippen molar-refractivity contribution < 1.29 is 23.9 Å². The lowest BCUT2D eigenvalue weighted by Crippen LogP contribution is -2.48. The molecular weight excluding hydrogens is 368 g/mol. The lowest BCUT2D eigenvalue weighted by atomic mass is 10.1. The molecule has 1 N–H and O–H groups in total. The molecule has 0 saturated heterocycles. The van der Waals surface area contributed by atoms with Gasteiger partial charge in [-0.05, 0) is 50.3 Å². The molecule has 144 valence electrons. The summed E-state index contributed by atoms with van der Waals surface area (Å²) < 4.78 is 5.30. The van der Waals surface area contributed by atoms with Crippen molar-refractivity contribution in [2.24, 2.45) is 0 Å². The second-order valence-electron chi connectivity index (χ2n) is 6.69. The number of carbonyl (C=O) groups is 4. The van der Waals surface area contributed by atoms with E-state index in [4.69, 9.17) is 4.74 Å². The number of ether oxygens (including phenoxy) is 1. The molecule has 0 aromatic heterocycles. The largest absolute Gasteiger partial charge is 0.451 e. The maximum Gasteiger partial charge on any atom is 0.330 e. The van der Waals surface area contributed by atoms with Gasteiger partial charge in [0, 0.05) is 6.04 Å². The molecule has 0 bridgehead atoms. The molecule has 27 heavy (non-hydrogen) atoms. The van der Waals surface area contributed by atoms with Crippen LogP contribution in [0, 0.1) is 0 Å². The number of nitrogens with one attached hydrogen (secondary N) is 1. The number of carbonyl (C=O) groups excluding carboxylic acids is 4. The second-order valence-corrected chi connectivity index (χ2v) is 7.67. The van der Waals surface area contributed by atoms with Gasteiger partial charge in [0.25, 0.3) is 17.7 Å². The van der Waals surface area contributed by atoms with E-state index < -0.39 is 29.9 Å². The van der Waals surface area contributed by atoms with Crippen LogP contribution in [0.5, 0.6) is 0 Å². The van der Waals surface area contributed by atoms with Gasteiger partial charge in [-0.2, -0.15) is 11.8 Å². The summed E-state index contributed by atoms with van der Waals surface area (Å²) in [7, 11) is 0. The number of hydrogen-bond donors (Lipinski definition) is 1. The molecule has 2 aliphatic rings. The lowest BCUT2D eigenvalue weighted by Gasteiger charge is -2.25. The van der Waals surface area contributed by atoms with E-state index in [1.54, 1.807) is 24.3 Å². The molecule has 1 aliphatic carbocycles. The third-order valence-corrected chi connectivity index (χ3v) is 5.23. The van der Waals surface area contributed by atoms with Gasteiger partial charge in [-0.25, -0.2) is 4.79 Å². The number of amides is 3. The zero-order valence-corrected chi connectivity index (χ0v) is 16.1. The molecule has 1 fully saturated rings. The average molecular weight is 390 g/mol. The van der Waals surface area contributed by atoms with Gasteiger partial charge in [0.1, 0.15) is 6.04 Å². The van der Waals surface area contributed by atoms with Crippen LogP contribution in [0.3, 0.4) is 0 Å². The zero-order chi connectivity index (χ0) is 19.6. The number of rotatable bonds is 8. The van der Waals surface area contributed by atoms with Crippen molar-refractivity contribution in [3.63, 3.8) is 0 Å². The SMILES string of the molecule is CSCC[C@@H](C(=O)O[C@@H](C)C(=O)NC1CC1)N1C(=O)c2ccccc2C1=O. The molecule has 3 rings (SSSR count). The zero-order valence-electron chi connectivity index (χ0n) is 15.3. The Kier molecular flexibility index (Phi) is 5.84. The third kappa shape index (κ3) is 4.16. The Hall–Kier alpha value is -2.35. The number of thioether (sulfide) groups is 1. The summed E-state index contributed by atoms with van der Waals surface area (Å²) in [6.07, 6.45) is 3.01. The predicted molar refractivity (Wildman–Crippen MR) is 100 cm³/mol. The van der Waals surface area contributed by atoms with Gasteiger partial charge in [0.2, 0.25) is 0 Å². The Morgan fingerprint density at radius 1 is 1.22 bits per heavy atom.